The summed E-state index contributed by atoms with van der Waals surface area (Å²) < 4.78 is 29.7. The maximum atomic E-state index is 15.7. The molecule has 144 valence electrons. The molecule has 2 aromatic rings. The molecule has 4 nitrogen and oxygen atoms in total. The Balaban J connectivity index is 1.88. The topological polar surface area (TPSA) is 62.2 Å². The van der Waals surface area contributed by atoms with Gasteiger partial charge >= 0.3 is 0 Å². The van der Waals surface area contributed by atoms with Gasteiger partial charge in [-0.1, -0.05) is 36.2 Å². The largest absolute Gasteiger partial charge is 0.384 e. The Bertz CT molecular complexity index is 873. The summed E-state index contributed by atoms with van der Waals surface area (Å²) in [6.07, 6.45) is 1.64. The molecule has 8 heteroatoms. The maximum absolute atomic E-state index is 15.7. The van der Waals surface area contributed by atoms with Crippen molar-refractivity contribution in [2.24, 2.45) is 0 Å². The number of nitrogens with one attached hydrogen (secondary N) is 1. The molecule has 1 heterocycles. The molecule has 1 aliphatic rings. The lowest BCUT2D eigenvalue weighted by molar-refractivity contribution is -0.137. The average molecular weight is 415 g/mol. The smallest absolute Gasteiger partial charge is 0.262 e. The van der Waals surface area contributed by atoms with Crippen molar-refractivity contribution in [2.45, 2.75) is 44.0 Å². The summed E-state index contributed by atoms with van der Waals surface area (Å²) in [5.41, 5.74) is -3.45. The number of fused-ring (bicyclic) bond motifs is 1. The van der Waals surface area contributed by atoms with Crippen LogP contribution in [0.1, 0.15) is 43.0 Å². The fourth-order valence-corrected chi connectivity index (χ4v) is 3.89. The Morgan fingerprint density at radius 1 is 1.37 bits per heavy atom. The summed E-state index contributed by atoms with van der Waals surface area (Å²) in [5.74, 6) is -1.62. The van der Waals surface area contributed by atoms with Crippen LogP contribution in [-0.2, 0) is 22.6 Å². The quantitative estimate of drug-likeness (QED) is 0.778. The molecule has 1 aromatic carbocycles. The van der Waals surface area contributed by atoms with Crippen molar-refractivity contribution < 1.29 is 18.7 Å². The van der Waals surface area contributed by atoms with Crippen molar-refractivity contribution >= 4 is 29.1 Å². The van der Waals surface area contributed by atoms with E-state index >= 15 is 4.39 Å². The van der Waals surface area contributed by atoms with E-state index in [9.17, 15) is 14.3 Å². The first-order valence-electron chi connectivity index (χ1n) is 8.50. The predicted octanol–water partition coefficient (Wildman–Crippen LogP) is 4.40. The van der Waals surface area contributed by atoms with E-state index in [1.165, 1.54) is 24.4 Å². The minimum atomic E-state index is -2.37. The summed E-state index contributed by atoms with van der Waals surface area (Å²) in [7, 11) is 0. The Hall–Kier alpha value is -1.76. The zero-order valence-electron chi connectivity index (χ0n) is 14.5. The van der Waals surface area contributed by atoms with Crippen LogP contribution in [0.25, 0.3) is 0 Å². The van der Waals surface area contributed by atoms with E-state index in [0.29, 0.717) is 6.42 Å². The molecule has 0 radical (unpaired) electrons. The SMILES string of the molecule is CC[C@@]1(O)CC[C@@](F)(C(=O)NCc2c(F)cc(Cl)cc2Cl)c2cccnc21. The van der Waals surface area contributed by atoms with Gasteiger partial charge in [0.15, 0.2) is 0 Å². The molecule has 3 rings (SSSR count). The van der Waals surface area contributed by atoms with E-state index in [1.54, 1.807) is 6.92 Å². The van der Waals surface area contributed by atoms with Gasteiger partial charge in [-0.15, -0.1) is 0 Å². The van der Waals surface area contributed by atoms with Gasteiger partial charge in [0.1, 0.15) is 11.4 Å². The van der Waals surface area contributed by atoms with Gasteiger partial charge in [0.25, 0.3) is 5.91 Å². The highest BCUT2D eigenvalue weighted by Crippen LogP contribution is 2.46. The van der Waals surface area contributed by atoms with Gasteiger partial charge in [-0.05, 0) is 37.5 Å². The van der Waals surface area contributed by atoms with Crippen LogP contribution in [0, 0.1) is 5.82 Å². The van der Waals surface area contributed by atoms with E-state index in [2.05, 4.69) is 10.3 Å². The number of hydrogen-bond acceptors (Lipinski definition) is 3. The Labute approximate surface area is 165 Å². The second kappa shape index (κ2) is 7.34. The lowest BCUT2D eigenvalue weighted by atomic mass is 9.73. The molecule has 0 unspecified atom stereocenters. The first-order chi connectivity index (χ1) is 12.7. The van der Waals surface area contributed by atoms with Gasteiger partial charge in [-0.3, -0.25) is 9.78 Å². The van der Waals surface area contributed by atoms with Gasteiger partial charge in [0, 0.05) is 33.9 Å². The number of rotatable bonds is 4. The summed E-state index contributed by atoms with van der Waals surface area (Å²) in [6, 6.07) is 5.37. The van der Waals surface area contributed by atoms with Crippen LogP contribution < -0.4 is 5.32 Å². The molecular formula is C19H18Cl2F2N2O2. The van der Waals surface area contributed by atoms with Crippen LogP contribution in [0.3, 0.4) is 0 Å². The number of aromatic nitrogens is 1. The van der Waals surface area contributed by atoms with Crippen molar-refractivity contribution in [2.75, 3.05) is 0 Å². The Kier molecular flexibility index (Phi) is 5.43. The monoisotopic (exact) mass is 414 g/mol. The van der Waals surface area contributed by atoms with Crippen LogP contribution in [0.5, 0.6) is 0 Å². The molecule has 2 N–H and O–H groups in total. The third kappa shape index (κ3) is 3.53. The minimum Gasteiger partial charge on any atom is -0.384 e. The first-order valence-corrected chi connectivity index (χ1v) is 9.26. The van der Waals surface area contributed by atoms with Crippen LogP contribution in [0.15, 0.2) is 30.5 Å². The number of amides is 1. The number of aliphatic hydroxyl groups is 1. The highest BCUT2D eigenvalue weighted by molar-refractivity contribution is 6.35. The minimum absolute atomic E-state index is 0.0188. The van der Waals surface area contributed by atoms with E-state index in [4.69, 9.17) is 23.2 Å². The Morgan fingerprint density at radius 2 is 2.11 bits per heavy atom. The molecule has 0 fully saturated rings. The molecule has 0 saturated carbocycles. The number of nitrogens with zero attached hydrogens (tertiary/aromatic N) is 1. The second-order valence-electron chi connectivity index (χ2n) is 6.62. The van der Waals surface area contributed by atoms with E-state index in [-0.39, 0.29) is 46.3 Å². The number of alkyl halides is 1. The van der Waals surface area contributed by atoms with E-state index in [1.807, 2.05) is 0 Å². The molecule has 1 aliphatic carbocycles. The van der Waals surface area contributed by atoms with Crippen LogP contribution in [-0.4, -0.2) is 16.0 Å². The molecular weight excluding hydrogens is 397 g/mol. The second-order valence-corrected chi connectivity index (χ2v) is 7.46. The van der Waals surface area contributed by atoms with Crippen molar-refractivity contribution in [3.05, 3.63) is 63.1 Å². The van der Waals surface area contributed by atoms with Crippen molar-refractivity contribution in [3.8, 4) is 0 Å². The fraction of sp³-hybridized carbons (Fsp3) is 0.368. The van der Waals surface area contributed by atoms with Gasteiger partial charge in [0.05, 0.1) is 5.69 Å². The van der Waals surface area contributed by atoms with Gasteiger partial charge in [0.2, 0.25) is 5.67 Å². The summed E-state index contributed by atoms with van der Waals surface area (Å²) >= 11 is 11.7. The number of benzene rings is 1. The third-order valence-corrected chi connectivity index (χ3v) is 5.59. The molecule has 27 heavy (non-hydrogen) atoms. The summed E-state index contributed by atoms with van der Waals surface area (Å²) in [6.45, 7) is 1.48. The molecule has 1 amide bonds. The van der Waals surface area contributed by atoms with E-state index in [0.717, 1.165) is 6.07 Å². The maximum Gasteiger partial charge on any atom is 0.262 e. The molecule has 0 bridgehead atoms. The molecule has 1 aromatic heterocycles. The number of carbonyl (C=O) groups excluding carboxylic acids is 1. The van der Waals surface area contributed by atoms with Crippen molar-refractivity contribution in [1.82, 2.24) is 10.3 Å². The third-order valence-electron chi connectivity index (χ3n) is 5.03. The summed E-state index contributed by atoms with van der Waals surface area (Å²) in [4.78, 5) is 16.8. The van der Waals surface area contributed by atoms with Crippen LogP contribution in [0.4, 0.5) is 8.78 Å². The van der Waals surface area contributed by atoms with Crippen LogP contribution in [0.2, 0.25) is 10.0 Å². The van der Waals surface area contributed by atoms with E-state index < -0.39 is 23.0 Å². The lowest BCUT2D eigenvalue weighted by Crippen LogP contribution is -2.47. The average Bonchev–Trinajstić information content (AvgIpc) is 2.64. The number of halogens is 4. The first kappa shape index (κ1) is 20.0. The predicted molar refractivity (Wildman–Crippen MR) is 98.7 cm³/mol. The molecule has 0 spiro atoms. The highest BCUT2D eigenvalue weighted by Gasteiger charge is 2.51. The normalized spacial score (nSPS) is 24.4. The lowest BCUT2D eigenvalue weighted by Gasteiger charge is -2.39. The van der Waals surface area contributed by atoms with Crippen LogP contribution >= 0.6 is 23.2 Å². The van der Waals surface area contributed by atoms with Gasteiger partial charge in [-0.25, -0.2) is 8.78 Å². The molecule has 2 atom stereocenters. The highest BCUT2D eigenvalue weighted by atomic mass is 35.5. The Morgan fingerprint density at radius 3 is 2.78 bits per heavy atom. The van der Waals surface area contributed by atoms with Gasteiger partial charge < -0.3 is 10.4 Å². The number of carbonyl (C=O) groups is 1. The van der Waals surface area contributed by atoms with Crippen molar-refractivity contribution in [3.63, 3.8) is 0 Å². The summed E-state index contributed by atoms with van der Waals surface area (Å²) in [5, 5.41) is 13.3. The number of pyridine rings is 1. The zero-order chi connectivity index (χ0) is 19.8. The fourth-order valence-electron chi connectivity index (χ4n) is 3.36. The standard InChI is InChI=1S/C19H18Cl2F2N2O2/c1-2-18(27)5-6-19(23,13-4-3-7-24-16(13)18)17(26)25-10-12-14(21)8-11(20)9-15(12)22/h3-4,7-9,27H,2,5-6,10H2,1H3,(H,25,26)/t18-,19+/m1/s1. The molecule has 0 saturated heterocycles. The molecule has 0 aliphatic heterocycles. The number of hydrogen-bond donors (Lipinski definition) is 2. The van der Waals surface area contributed by atoms with Crippen molar-refractivity contribution in [1.29, 1.82) is 0 Å². The van der Waals surface area contributed by atoms with Gasteiger partial charge in [-0.2, -0.15) is 0 Å². The zero-order valence-corrected chi connectivity index (χ0v) is 16.0.